The Labute approximate surface area is 87.9 Å². The number of alkyl halides is 3. The number of nitrogens with zero attached hydrogens (tertiary/aromatic N) is 2. The van der Waals surface area contributed by atoms with Crippen molar-refractivity contribution in [2.45, 2.75) is 13.1 Å². The van der Waals surface area contributed by atoms with Crippen LogP contribution in [0.3, 0.4) is 0 Å². The van der Waals surface area contributed by atoms with Crippen LogP contribution in [0.2, 0.25) is 0 Å². The van der Waals surface area contributed by atoms with Gasteiger partial charge in [-0.2, -0.15) is 13.2 Å². The molecular formula is C10H6F4N2. The van der Waals surface area contributed by atoms with Gasteiger partial charge in [0.15, 0.2) is 0 Å². The predicted molar refractivity (Wildman–Crippen MR) is 49.2 cm³/mol. The highest BCUT2D eigenvalue weighted by molar-refractivity contribution is 5.78. The normalized spacial score (nSPS) is 12.1. The molecule has 0 amide bonds. The quantitative estimate of drug-likeness (QED) is 0.650. The first-order valence-electron chi connectivity index (χ1n) is 4.38. The van der Waals surface area contributed by atoms with Gasteiger partial charge in [-0.1, -0.05) is 0 Å². The Morgan fingerprint density at radius 2 is 1.88 bits per heavy atom. The number of hydrogen-bond donors (Lipinski definition) is 0. The van der Waals surface area contributed by atoms with E-state index in [2.05, 4.69) is 9.97 Å². The van der Waals surface area contributed by atoms with Crippen LogP contribution in [0.5, 0.6) is 0 Å². The Balaban J connectivity index is 2.85. The summed E-state index contributed by atoms with van der Waals surface area (Å²) >= 11 is 0. The number of hydrogen-bond acceptors (Lipinski definition) is 2. The minimum atomic E-state index is -4.77. The molecule has 0 bridgehead atoms. The number of aromatic nitrogens is 2. The van der Waals surface area contributed by atoms with Gasteiger partial charge in [-0.15, -0.1) is 0 Å². The third-order valence-corrected chi connectivity index (χ3v) is 2.07. The fraction of sp³-hybridized carbons (Fsp3) is 0.200. The maximum atomic E-state index is 13.1. The molecule has 1 aromatic heterocycles. The second-order valence-electron chi connectivity index (χ2n) is 3.30. The maximum absolute atomic E-state index is 13.1. The summed E-state index contributed by atoms with van der Waals surface area (Å²) in [6.45, 7) is 1.60. The molecule has 0 unspecified atom stereocenters. The summed E-state index contributed by atoms with van der Waals surface area (Å²) in [4.78, 5) is 7.45. The highest BCUT2D eigenvalue weighted by atomic mass is 19.4. The highest BCUT2D eigenvalue weighted by Crippen LogP contribution is 2.35. The van der Waals surface area contributed by atoms with E-state index in [1.807, 2.05) is 0 Å². The molecule has 84 valence electrons. The van der Waals surface area contributed by atoms with Crippen LogP contribution < -0.4 is 0 Å². The highest BCUT2D eigenvalue weighted by Gasteiger charge is 2.37. The van der Waals surface area contributed by atoms with E-state index < -0.39 is 23.1 Å². The van der Waals surface area contributed by atoms with Crippen LogP contribution >= 0.6 is 0 Å². The standard InChI is InChI=1S/C10H6F4N2/c1-5-4-15-9-7(16-5)3-2-6(11)8(9)10(12,13)14/h2-4H,1H3. The summed E-state index contributed by atoms with van der Waals surface area (Å²) in [7, 11) is 0. The predicted octanol–water partition coefficient (Wildman–Crippen LogP) is 3.10. The van der Waals surface area contributed by atoms with Crippen molar-refractivity contribution < 1.29 is 17.6 Å². The molecule has 6 heteroatoms. The second-order valence-corrected chi connectivity index (χ2v) is 3.30. The van der Waals surface area contributed by atoms with Crippen LogP contribution in [0, 0.1) is 12.7 Å². The molecule has 0 fully saturated rings. The van der Waals surface area contributed by atoms with E-state index in [1.54, 1.807) is 6.92 Å². The zero-order valence-corrected chi connectivity index (χ0v) is 8.14. The minimum absolute atomic E-state index is 0.0359. The van der Waals surface area contributed by atoms with Crippen molar-refractivity contribution in [3.8, 4) is 0 Å². The van der Waals surface area contributed by atoms with E-state index in [9.17, 15) is 17.6 Å². The van der Waals surface area contributed by atoms with Gasteiger partial charge in [0.05, 0.1) is 11.2 Å². The summed E-state index contributed by atoms with van der Waals surface area (Å²) in [5.41, 5.74) is -1.31. The van der Waals surface area contributed by atoms with Crippen molar-refractivity contribution in [1.82, 2.24) is 9.97 Å². The molecule has 2 aromatic rings. The lowest BCUT2D eigenvalue weighted by molar-refractivity contribution is -0.138. The third-order valence-electron chi connectivity index (χ3n) is 2.07. The minimum Gasteiger partial charge on any atom is -0.252 e. The van der Waals surface area contributed by atoms with Gasteiger partial charge < -0.3 is 0 Å². The van der Waals surface area contributed by atoms with Crippen molar-refractivity contribution in [2.24, 2.45) is 0 Å². The molecule has 16 heavy (non-hydrogen) atoms. The van der Waals surface area contributed by atoms with Gasteiger partial charge in [0, 0.05) is 6.20 Å². The monoisotopic (exact) mass is 230 g/mol. The van der Waals surface area contributed by atoms with E-state index >= 15 is 0 Å². The van der Waals surface area contributed by atoms with Gasteiger partial charge in [0.25, 0.3) is 0 Å². The van der Waals surface area contributed by atoms with E-state index in [1.165, 1.54) is 12.3 Å². The van der Waals surface area contributed by atoms with Gasteiger partial charge >= 0.3 is 6.18 Å². The lowest BCUT2D eigenvalue weighted by Gasteiger charge is -2.10. The lowest BCUT2D eigenvalue weighted by atomic mass is 10.1. The fourth-order valence-electron chi connectivity index (χ4n) is 1.42. The molecule has 0 aliphatic carbocycles. The molecule has 0 atom stereocenters. The number of halogens is 4. The first-order chi connectivity index (χ1) is 7.39. The number of fused-ring (bicyclic) bond motifs is 1. The lowest BCUT2D eigenvalue weighted by Crippen LogP contribution is -2.10. The average Bonchev–Trinajstić information content (AvgIpc) is 2.16. The van der Waals surface area contributed by atoms with Gasteiger partial charge in [-0.25, -0.2) is 9.37 Å². The first-order valence-corrected chi connectivity index (χ1v) is 4.38. The molecule has 0 saturated heterocycles. The van der Waals surface area contributed by atoms with Crippen molar-refractivity contribution in [1.29, 1.82) is 0 Å². The van der Waals surface area contributed by atoms with Gasteiger partial charge in [-0.05, 0) is 19.1 Å². The molecule has 0 saturated carbocycles. The number of rotatable bonds is 0. The van der Waals surface area contributed by atoms with Crippen LogP contribution in [-0.2, 0) is 6.18 Å². The zero-order valence-electron chi connectivity index (χ0n) is 8.14. The molecule has 0 aliphatic rings. The summed E-state index contributed by atoms with van der Waals surface area (Å²) in [5.74, 6) is -1.34. The summed E-state index contributed by atoms with van der Waals surface area (Å²) in [6.07, 6.45) is -3.59. The molecule has 2 nitrogen and oxygen atoms in total. The maximum Gasteiger partial charge on any atom is 0.421 e. The smallest absolute Gasteiger partial charge is 0.252 e. The molecule has 1 aromatic carbocycles. The van der Waals surface area contributed by atoms with Crippen LogP contribution in [-0.4, -0.2) is 9.97 Å². The SMILES string of the molecule is Cc1cnc2c(C(F)(F)F)c(F)ccc2n1. The van der Waals surface area contributed by atoms with E-state index in [0.29, 0.717) is 5.69 Å². The van der Waals surface area contributed by atoms with Crippen LogP contribution in [0.4, 0.5) is 17.6 Å². The van der Waals surface area contributed by atoms with Crippen LogP contribution in [0.25, 0.3) is 11.0 Å². The molecule has 2 rings (SSSR count). The Bertz CT molecular complexity index is 548. The van der Waals surface area contributed by atoms with Crippen LogP contribution in [0.15, 0.2) is 18.3 Å². The molecule has 0 N–H and O–H groups in total. The fourth-order valence-corrected chi connectivity index (χ4v) is 1.42. The molecule has 0 radical (unpaired) electrons. The van der Waals surface area contributed by atoms with Crippen molar-refractivity contribution in [2.75, 3.05) is 0 Å². The van der Waals surface area contributed by atoms with E-state index in [0.717, 1.165) is 6.07 Å². The first kappa shape index (κ1) is 10.8. The number of benzene rings is 1. The Hall–Kier alpha value is -1.72. The Morgan fingerprint density at radius 1 is 1.19 bits per heavy atom. The molecule has 0 aliphatic heterocycles. The molecule has 1 heterocycles. The summed E-state index contributed by atoms with van der Waals surface area (Å²) in [6, 6.07) is 1.93. The third kappa shape index (κ3) is 1.70. The van der Waals surface area contributed by atoms with Crippen LogP contribution in [0.1, 0.15) is 11.3 Å². The van der Waals surface area contributed by atoms with Crippen molar-refractivity contribution in [3.05, 3.63) is 35.4 Å². The zero-order chi connectivity index (χ0) is 11.9. The van der Waals surface area contributed by atoms with Crippen molar-refractivity contribution in [3.63, 3.8) is 0 Å². The molecular weight excluding hydrogens is 224 g/mol. The van der Waals surface area contributed by atoms with Gasteiger partial charge in [0.2, 0.25) is 0 Å². The summed E-state index contributed by atoms with van der Waals surface area (Å²) in [5, 5.41) is 0. The van der Waals surface area contributed by atoms with Crippen molar-refractivity contribution >= 4 is 11.0 Å². The molecule has 0 spiro atoms. The number of aryl methyl sites for hydroxylation is 1. The summed E-state index contributed by atoms with van der Waals surface area (Å²) < 4.78 is 50.8. The largest absolute Gasteiger partial charge is 0.421 e. The van der Waals surface area contributed by atoms with E-state index in [-0.39, 0.29) is 5.52 Å². The topological polar surface area (TPSA) is 25.8 Å². The average molecular weight is 230 g/mol. The second kappa shape index (κ2) is 3.40. The van der Waals surface area contributed by atoms with Gasteiger partial charge in [0.1, 0.15) is 16.9 Å². The Kier molecular flexibility index (Phi) is 2.29. The van der Waals surface area contributed by atoms with E-state index in [4.69, 9.17) is 0 Å². The van der Waals surface area contributed by atoms with Gasteiger partial charge in [-0.3, -0.25) is 4.98 Å². The Morgan fingerprint density at radius 3 is 2.50 bits per heavy atom.